The molecule has 0 spiro atoms. The third-order valence-electron chi connectivity index (χ3n) is 5.57. The van der Waals surface area contributed by atoms with E-state index < -0.39 is 17.9 Å². The first kappa shape index (κ1) is 20.7. The van der Waals surface area contributed by atoms with Crippen molar-refractivity contribution in [2.24, 2.45) is 5.92 Å². The van der Waals surface area contributed by atoms with Crippen LogP contribution in [0.25, 0.3) is 0 Å². The zero-order valence-electron chi connectivity index (χ0n) is 16.5. The van der Waals surface area contributed by atoms with Crippen molar-refractivity contribution in [2.45, 2.75) is 38.6 Å². The van der Waals surface area contributed by atoms with Gasteiger partial charge in [-0.1, -0.05) is 42.0 Å². The van der Waals surface area contributed by atoms with Crippen LogP contribution >= 0.6 is 0 Å². The van der Waals surface area contributed by atoms with Gasteiger partial charge in [0, 0.05) is 25.3 Å². The fourth-order valence-corrected chi connectivity index (χ4v) is 3.82. The predicted octanol–water partition coefficient (Wildman–Crippen LogP) is 3.35. The molecule has 152 valence electrons. The number of carbonyl (C=O) groups is 3. The first-order valence-electron chi connectivity index (χ1n) is 9.62. The van der Waals surface area contributed by atoms with Crippen molar-refractivity contribution in [3.63, 3.8) is 0 Å². The van der Waals surface area contributed by atoms with E-state index in [0.717, 1.165) is 11.1 Å². The molecule has 3 atom stereocenters. The number of nitrogens with zero attached hydrogens (tertiary/aromatic N) is 1. The highest BCUT2D eigenvalue weighted by atomic mass is 19.1. The number of hydrogen-bond donors (Lipinski definition) is 1. The molecule has 1 amide bonds. The van der Waals surface area contributed by atoms with E-state index in [0.29, 0.717) is 5.56 Å². The van der Waals surface area contributed by atoms with E-state index >= 15 is 0 Å². The van der Waals surface area contributed by atoms with Crippen LogP contribution in [0.5, 0.6) is 0 Å². The third-order valence-corrected chi connectivity index (χ3v) is 5.57. The Hall–Kier alpha value is -3.02. The van der Waals surface area contributed by atoms with E-state index in [4.69, 9.17) is 0 Å². The van der Waals surface area contributed by atoms with Crippen LogP contribution in [0.4, 0.5) is 4.39 Å². The number of benzene rings is 2. The average Bonchev–Trinajstić information content (AvgIpc) is 3.00. The van der Waals surface area contributed by atoms with Crippen LogP contribution in [0.15, 0.2) is 48.5 Å². The highest BCUT2D eigenvalue weighted by Gasteiger charge is 2.44. The fourth-order valence-electron chi connectivity index (χ4n) is 3.82. The topological polar surface area (TPSA) is 74.7 Å². The van der Waals surface area contributed by atoms with Gasteiger partial charge in [0.25, 0.3) is 0 Å². The molecule has 1 fully saturated rings. The summed E-state index contributed by atoms with van der Waals surface area (Å²) < 4.78 is 13.1. The molecule has 6 heteroatoms. The standard InChI is InChI=1S/C23H24FNO4/c1-14-3-7-17(8-4-14)21-13-25(15(2)23(28)29)22(27)20(21)12-19(26)11-16-5-9-18(24)10-6-16/h3-10,15,20-21H,11-13H2,1-2H3,(H,28,29)/t15?,20-,21-/m0/s1. The summed E-state index contributed by atoms with van der Waals surface area (Å²) in [6, 6.07) is 12.5. The Morgan fingerprint density at radius 1 is 1.14 bits per heavy atom. The molecule has 1 N–H and O–H groups in total. The summed E-state index contributed by atoms with van der Waals surface area (Å²) >= 11 is 0. The number of rotatable bonds is 7. The number of carboxylic acids is 1. The molecule has 1 aliphatic rings. The number of ketones is 1. The molecular formula is C23H24FNO4. The van der Waals surface area contributed by atoms with Crippen LogP contribution < -0.4 is 0 Å². The van der Waals surface area contributed by atoms with E-state index in [1.807, 2.05) is 31.2 Å². The summed E-state index contributed by atoms with van der Waals surface area (Å²) in [4.78, 5) is 38.4. The third kappa shape index (κ3) is 4.70. The fraction of sp³-hybridized carbons (Fsp3) is 0.348. The number of carboxylic acid groups (broad SMARTS) is 1. The molecule has 2 aromatic carbocycles. The predicted molar refractivity (Wildman–Crippen MR) is 106 cm³/mol. The van der Waals surface area contributed by atoms with Gasteiger partial charge in [-0.15, -0.1) is 0 Å². The van der Waals surface area contributed by atoms with Crippen LogP contribution in [-0.2, 0) is 20.8 Å². The number of halogens is 1. The van der Waals surface area contributed by atoms with Gasteiger partial charge in [-0.05, 0) is 37.1 Å². The van der Waals surface area contributed by atoms with Crippen molar-refractivity contribution >= 4 is 17.7 Å². The van der Waals surface area contributed by atoms with Gasteiger partial charge in [0.2, 0.25) is 5.91 Å². The van der Waals surface area contributed by atoms with Crippen LogP contribution in [0.2, 0.25) is 0 Å². The quantitative estimate of drug-likeness (QED) is 0.778. The molecule has 1 heterocycles. The Bertz CT molecular complexity index is 907. The molecule has 0 aliphatic carbocycles. The Morgan fingerprint density at radius 2 is 1.76 bits per heavy atom. The van der Waals surface area contributed by atoms with Gasteiger partial charge >= 0.3 is 5.97 Å². The Balaban J connectivity index is 1.82. The lowest BCUT2D eigenvalue weighted by atomic mass is 9.84. The molecule has 29 heavy (non-hydrogen) atoms. The van der Waals surface area contributed by atoms with Crippen LogP contribution in [0.1, 0.15) is 36.0 Å². The number of likely N-dealkylation sites (tertiary alicyclic amines) is 1. The number of aliphatic carboxylic acids is 1. The molecular weight excluding hydrogens is 373 g/mol. The molecule has 3 rings (SSSR count). The lowest BCUT2D eigenvalue weighted by molar-refractivity contribution is -0.148. The van der Waals surface area contributed by atoms with E-state index in [-0.39, 0.29) is 42.8 Å². The van der Waals surface area contributed by atoms with Gasteiger partial charge in [0.05, 0.1) is 5.92 Å². The van der Waals surface area contributed by atoms with Crippen molar-refractivity contribution in [3.8, 4) is 0 Å². The van der Waals surface area contributed by atoms with Crippen molar-refractivity contribution in [1.82, 2.24) is 4.90 Å². The van der Waals surface area contributed by atoms with Crippen molar-refractivity contribution in [1.29, 1.82) is 0 Å². The van der Waals surface area contributed by atoms with E-state index in [1.165, 1.54) is 24.0 Å². The molecule has 1 aliphatic heterocycles. The molecule has 1 saturated heterocycles. The molecule has 0 aromatic heterocycles. The summed E-state index contributed by atoms with van der Waals surface area (Å²) in [5.41, 5.74) is 2.69. The van der Waals surface area contributed by atoms with Crippen LogP contribution in [0, 0.1) is 18.7 Å². The monoisotopic (exact) mass is 397 g/mol. The van der Waals surface area contributed by atoms with Gasteiger partial charge in [0.1, 0.15) is 17.6 Å². The number of carbonyl (C=O) groups excluding carboxylic acids is 2. The SMILES string of the molecule is Cc1ccc([C@@H]2CN(C(C)C(=O)O)C(=O)[C@H]2CC(=O)Cc2ccc(F)cc2)cc1. The minimum Gasteiger partial charge on any atom is -0.480 e. The van der Waals surface area contributed by atoms with Gasteiger partial charge in [-0.2, -0.15) is 0 Å². The smallest absolute Gasteiger partial charge is 0.326 e. The normalized spacial score (nSPS) is 20.0. The van der Waals surface area contributed by atoms with Gasteiger partial charge in [-0.25, -0.2) is 9.18 Å². The number of amides is 1. The molecule has 0 bridgehead atoms. The van der Waals surface area contributed by atoms with Crippen molar-refractivity contribution in [2.75, 3.05) is 6.54 Å². The number of aryl methyl sites for hydroxylation is 1. The first-order chi connectivity index (χ1) is 13.8. The Labute approximate surface area is 169 Å². The summed E-state index contributed by atoms with van der Waals surface area (Å²) in [6.45, 7) is 3.71. The van der Waals surface area contributed by atoms with Crippen molar-refractivity contribution < 1.29 is 23.9 Å². The first-order valence-corrected chi connectivity index (χ1v) is 9.62. The maximum atomic E-state index is 13.1. The second kappa shape index (κ2) is 8.55. The molecule has 5 nitrogen and oxygen atoms in total. The summed E-state index contributed by atoms with van der Waals surface area (Å²) in [5.74, 6) is -2.73. The minimum atomic E-state index is -1.07. The van der Waals surface area contributed by atoms with Crippen LogP contribution in [-0.4, -0.2) is 40.3 Å². The Kier molecular flexibility index (Phi) is 6.11. The molecule has 0 saturated carbocycles. The molecule has 1 unspecified atom stereocenters. The maximum Gasteiger partial charge on any atom is 0.326 e. The average molecular weight is 397 g/mol. The zero-order chi connectivity index (χ0) is 21.1. The highest BCUT2D eigenvalue weighted by Crippen LogP contribution is 2.37. The maximum absolute atomic E-state index is 13.1. The zero-order valence-corrected chi connectivity index (χ0v) is 16.5. The lowest BCUT2D eigenvalue weighted by Gasteiger charge is -2.21. The lowest BCUT2D eigenvalue weighted by Crippen LogP contribution is -2.41. The van der Waals surface area contributed by atoms with Crippen LogP contribution in [0.3, 0.4) is 0 Å². The second-order valence-electron chi connectivity index (χ2n) is 7.67. The largest absolute Gasteiger partial charge is 0.480 e. The van der Waals surface area contributed by atoms with E-state index in [9.17, 15) is 23.9 Å². The van der Waals surface area contributed by atoms with E-state index in [1.54, 1.807) is 12.1 Å². The number of hydrogen-bond acceptors (Lipinski definition) is 3. The van der Waals surface area contributed by atoms with Gasteiger partial charge in [0.15, 0.2) is 0 Å². The van der Waals surface area contributed by atoms with Gasteiger partial charge < -0.3 is 10.0 Å². The van der Waals surface area contributed by atoms with Gasteiger partial charge in [-0.3, -0.25) is 9.59 Å². The molecule has 0 radical (unpaired) electrons. The highest BCUT2D eigenvalue weighted by molar-refractivity contribution is 5.92. The number of Topliss-reactive ketones (excluding diaryl/α,β-unsaturated/α-hetero) is 1. The minimum absolute atomic E-state index is 0.0254. The Morgan fingerprint density at radius 3 is 2.34 bits per heavy atom. The van der Waals surface area contributed by atoms with E-state index in [2.05, 4.69) is 0 Å². The van der Waals surface area contributed by atoms with Crippen molar-refractivity contribution in [3.05, 3.63) is 71.0 Å². The summed E-state index contributed by atoms with van der Waals surface area (Å²) in [5, 5.41) is 9.35. The summed E-state index contributed by atoms with van der Waals surface area (Å²) in [7, 11) is 0. The summed E-state index contributed by atoms with van der Waals surface area (Å²) in [6.07, 6.45) is 0.136. The molecule has 2 aromatic rings. The second-order valence-corrected chi connectivity index (χ2v) is 7.67.